The molecule has 0 aliphatic carbocycles. The fraction of sp³-hybridized carbons (Fsp3) is 0.529. The Kier molecular flexibility index (Phi) is 7.38. The maximum absolute atomic E-state index is 12.3. The van der Waals surface area contributed by atoms with Gasteiger partial charge in [0.05, 0.1) is 13.2 Å². The summed E-state index contributed by atoms with van der Waals surface area (Å²) in [5.74, 6) is -0.493. The third kappa shape index (κ3) is 5.81. The Labute approximate surface area is 136 Å². The van der Waals surface area contributed by atoms with E-state index in [0.717, 1.165) is 12.8 Å². The molecule has 0 aromatic heterocycles. The molecule has 0 aliphatic rings. The number of carbonyl (C=O) groups excluding carboxylic acids is 1. The third-order valence-corrected chi connectivity index (χ3v) is 3.24. The molecule has 0 saturated carbocycles. The van der Waals surface area contributed by atoms with Crippen LogP contribution in [-0.4, -0.2) is 36.2 Å². The van der Waals surface area contributed by atoms with Crippen molar-refractivity contribution in [3.63, 3.8) is 0 Å². The van der Waals surface area contributed by atoms with Crippen LogP contribution < -0.4 is 14.8 Å². The number of amides is 1. The van der Waals surface area contributed by atoms with E-state index in [1.807, 2.05) is 20.8 Å². The molecule has 0 saturated heterocycles. The Balaban J connectivity index is 2.88. The quantitative estimate of drug-likeness (QED) is 0.730. The molecule has 1 unspecified atom stereocenters. The van der Waals surface area contributed by atoms with Crippen molar-refractivity contribution in [3.8, 4) is 11.5 Å². The first-order valence-electron chi connectivity index (χ1n) is 7.77. The zero-order valence-electron chi connectivity index (χ0n) is 14.1. The Hall–Kier alpha value is -2.24. The molecule has 1 aromatic carbocycles. The standard InChI is InChI=1S/C17H25NO5/c1-5-6-7-13(17(20)21)18-16(19)12-8-9-14(23-11(2)3)15(10-12)22-4/h8-11,13H,5-7H2,1-4H3,(H,18,19)(H,20,21). The van der Waals surface area contributed by atoms with E-state index in [2.05, 4.69) is 5.32 Å². The van der Waals surface area contributed by atoms with Crippen LogP contribution in [0.15, 0.2) is 18.2 Å². The lowest BCUT2D eigenvalue weighted by Crippen LogP contribution is -2.40. The van der Waals surface area contributed by atoms with Crippen molar-refractivity contribution in [2.24, 2.45) is 0 Å². The molecule has 0 heterocycles. The van der Waals surface area contributed by atoms with E-state index in [1.165, 1.54) is 7.11 Å². The van der Waals surface area contributed by atoms with Gasteiger partial charge in [0.2, 0.25) is 0 Å². The Morgan fingerprint density at radius 3 is 2.48 bits per heavy atom. The third-order valence-electron chi connectivity index (χ3n) is 3.24. The average Bonchev–Trinajstić information content (AvgIpc) is 2.50. The van der Waals surface area contributed by atoms with Crippen LogP contribution in [0.1, 0.15) is 50.4 Å². The highest BCUT2D eigenvalue weighted by Gasteiger charge is 2.21. The molecule has 128 valence electrons. The van der Waals surface area contributed by atoms with Crippen molar-refractivity contribution in [3.05, 3.63) is 23.8 Å². The van der Waals surface area contributed by atoms with Crippen LogP contribution in [0.2, 0.25) is 0 Å². The van der Waals surface area contributed by atoms with Gasteiger partial charge in [-0.3, -0.25) is 4.79 Å². The number of aliphatic carboxylic acids is 1. The largest absolute Gasteiger partial charge is 0.493 e. The second-order valence-corrected chi connectivity index (χ2v) is 5.54. The summed E-state index contributed by atoms with van der Waals surface area (Å²) >= 11 is 0. The van der Waals surface area contributed by atoms with Crippen molar-refractivity contribution in [2.75, 3.05) is 7.11 Å². The summed E-state index contributed by atoms with van der Waals surface area (Å²) in [5.41, 5.74) is 0.334. The molecule has 0 aliphatic heterocycles. The Bertz CT molecular complexity index is 542. The molecule has 1 aromatic rings. The van der Waals surface area contributed by atoms with E-state index < -0.39 is 17.9 Å². The molecule has 0 bridgehead atoms. The first-order chi connectivity index (χ1) is 10.9. The lowest BCUT2D eigenvalue weighted by atomic mass is 10.1. The van der Waals surface area contributed by atoms with Crippen LogP contribution in [0.4, 0.5) is 0 Å². The number of carbonyl (C=O) groups is 2. The van der Waals surface area contributed by atoms with Crippen molar-refractivity contribution in [1.82, 2.24) is 5.32 Å². The number of nitrogens with one attached hydrogen (secondary N) is 1. The molecule has 1 atom stereocenters. The fourth-order valence-electron chi connectivity index (χ4n) is 2.07. The van der Waals surface area contributed by atoms with Crippen LogP contribution in [0.25, 0.3) is 0 Å². The fourth-order valence-corrected chi connectivity index (χ4v) is 2.07. The van der Waals surface area contributed by atoms with Crippen molar-refractivity contribution in [1.29, 1.82) is 0 Å². The van der Waals surface area contributed by atoms with Gasteiger partial charge in [0, 0.05) is 5.56 Å². The minimum Gasteiger partial charge on any atom is -0.493 e. The summed E-state index contributed by atoms with van der Waals surface area (Å²) in [6.07, 6.45) is 1.99. The second kappa shape index (κ2) is 9.02. The van der Waals surface area contributed by atoms with Crippen molar-refractivity contribution >= 4 is 11.9 Å². The van der Waals surface area contributed by atoms with Gasteiger partial charge >= 0.3 is 5.97 Å². The number of ether oxygens (including phenoxy) is 2. The summed E-state index contributed by atoms with van der Waals surface area (Å²) in [7, 11) is 1.49. The van der Waals surface area contributed by atoms with Gasteiger partial charge in [-0.25, -0.2) is 4.79 Å². The predicted octanol–water partition coefficient (Wildman–Crippen LogP) is 2.86. The van der Waals surface area contributed by atoms with E-state index in [4.69, 9.17) is 9.47 Å². The zero-order chi connectivity index (χ0) is 17.4. The van der Waals surface area contributed by atoms with Crippen molar-refractivity contribution in [2.45, 2.75) is 52.2 Å². The van der Waals surface area contributed by atoms with Gasteiger partial charge in [0.1, 0.15) is 6.04 Å². The molecule has 2 N–H and O–H groups in total. The Morgan fingerprint density at radius 1 is 1.26 bits per heavy atom. The highest BCUT2D eigenvalue weighted by molar-refractivity contribution is 5.97. The summed E-state index contributed by atoms with van der Waals surface area (Å²) < 4.78 is 10.8. The van der Waals surface area contributed by atoms with E-state index in [-0.39, 0.29) is 6.10 Å². The zero-order valence-corrected chi connectivity index (χ0v) is 14.1. The number of methoxy groups -OCH3 is 1. The van der Waals surface area contributed by atoms with E-state index in [0.29, 0.717) is 23.5 Å². The summed E-state index contributed by atoms with van der Waals surface area (Å²) in [6, 6.07) is 3.90. The molecule has 1 amide bonds. The molecule has 0 fully saturated rings. The molecule has 6 heteroatoms. The molecular weight excluding hydrogens is 298 g/mol. The summed E-state index contributed by atoms with van der Waals surface area (Å²) in [4.78, 5) is 23.5. The number of hydrogen-bond acceptors (Lipinski definition) is 4. The molecule has 0 spiro atoms. The smallest absolute Gasteiger partial charge is 0.326 e. The lowest BCUT2D eigenvalue weighted by molar-refractivity contribution is -0.139. The van der Waals surface area contributed by atoms with Crippen LogP contribution >= 0.6 is 0 Å². The minimum atomic E-state index is -1.03. The van der Waals surface area contributed by atoms with Crippen LogP contribution in [-0.2, 0) is 4.79 Å². The van der Waals surface area contributed by atoms with Gasteiger partial charge in [-0.1, -0.05) is 19.8 Å². The number of rotatable bonds is 9. The second-order valence-electron chi connectivity index (χ2n) is 5.54. The van der Waals surface area contributed by atoms with Crippen LogP contribution in [0.5, 0.6) is 11.5 Å². The maximum atomic E-state index is 12.3. The Morgan fingerprint density at radius 2 is 1.96 bits per heavy atom. The molecular formula is C17H25NO5. The van der Waals surface area contributed by atoms with Crippen LogP contribution in [0, 0.1) is 0 Å². The first kappa shape index (κ1) is 18.8. The normalized spacial score (nSPS) is 11.9. The highest BCUT2D eigenvalue weighted by Crippen LogP contribution is 2.29. The van der Waals surface area contributed by atoms with Crippen molar-refractivity contribution < 1.29 is 24.2 Å². The van der Waals surface area contributed by atoms with Gasteiger partial charge < -0.3 is 19.9 Å². The molecule has 6 nitrogen and oxygen atoms in total. The van der Waals surface area contributed by atoms with Crippen LogP contribution in [0.3, 0.4) is 0 Å². The topological polar surface area (TPSA) is 84.9 Å². The molecule has 0 radical (unpaired) electrons. The van der Waals surface area contributed by atoms with Gasteiger partial charge in [-0.2, -0.15) is 0 Å². The van der Waals surface area contributed by atoms with Gasteiger partial charge in [0.25, 0.3) is 5.91 Å². The number of hydrogen-bond donors (Lipinski definition) is 2. The number of carboxylic acids is 1. The summed E-state index contributed by atoms with van der Waals surface area (Å²) in [6.45, 7) is 5.76. The lowest BCUT2D eigenvalue weighted by Gasteiger charge is -2.16. The van der Waals surface area contributed by atoms with E-state index in [1.54, 1.807) is 18.2 Å². The monoisotopic (exact) mass is 323 g/mol. The minimum absolute atomic E-state index is 0.0194. The van der Waals surface area contributed by atoms with Gasteiger partial charge in [-0.05, 0) is 38.5 Å². The van der Waals surface area contributed by atoms with Gasteiger partial charge in [0.15, 0.2) is 11.5 Å². The molecule has 23 heavy (non-hydrogen) atoms. The van der Waals surface area contributed by atoms with E-state index in [9.17, 15) is 14.7 Å². The predicted molar refractivity (Wildman–Crippen MR) is 87.2 cm³/mol. The van der Waals surface area contributed by atoms with Gasteiger partial charge in [-0.15, -0.1) is 0 Å². The SMILES string of the molecule is CCCCC(NC(=O)c1ccc(OC(C)C)c(OC)c1)C(=O)O. The number of carboxylic acid groups (broad SMARTS) is 1. The summed E-state index contributed by atoms with van der Waals surface area (Å²) in [5, 5.41) is 11.7. The first-order valence-corrected chi connectivity index (χ1v) is 7.77. The highest BCUT2D eigenvalue weighted by atomic mass is 16.5. The maximum Gasteiger partial charge on any atom is 0.326 e. The van der Waals surface area contributed by atoms with E-state index >= 15 is 0 Å². The average molecular weight is 323 g/mol. The molecule has 1 rings (SSSR count). The number of unbranched alkanes of at least 4 members (excludes halogenated alkanes) is 1. The number of benzene rings is 1.